The monoisotopic (exact) mass is 744 g/mol. The van der Waals surface area contributed by atoms with E-state index in [0.29, 0.717) is 32.1 Å². The molecule has 1 spiro atoms. The van der Waals surface area contributed by atoms with Gasteiger partial charge in [0, 0.05) is 58.2 Å². The Labute approximate surface area is 313 Å². The highest BCUT2D eigenvalue weighted by atomic mass is 16.8. The average Bonchev–Trinajstić information content (AvgIpc) is 3.80. The fourth-order valence-electron chi connectivity index (χ4n) is 11.5. The third-order valence-corrected chi connectivity index (χ3v) is 14.2. The van der Waals surface area contributed by atoms with Crippen molar-refractivity contribution in [3.63, 3.8) is 0 Å². The van der Waals surface area contributed by atoms with Gasteiger partial charge in [-0.15, -0.1) is 0 Å². The van der Waals surface area contributed by atoms with E-state index in [1.807, 2.05) is 0 Å². The van der Waals surface area contributed by atoms with Crippen molar-refractivity contribution in [2.24, 2.45) is 11.8 Å². The Balaban J connectivity index is 0.990. The zero-order valence-corrected chi connectivity index (χ0v) is 31.4. The normalized spacial score (nSPS) is 51.6. The molecular weight excluding hydrogens is 684 g/mol. The van der Waals surface area contributed by atoms with Crippen molar-refractivity contribution in [1.29, 1.82) is 0 Å². The van der Waals surface area contributed by atoms with E-state index in [1.54, 1.807) is 7.11 Å². The van der Waals surface area contributed by atoms with Crippen molar-refractivity contribution >= 4 is 5.78 Å². The lowest BCUT2D eigenvalue weighted by Gasteiger charge is -2.47. The topological polar surface area (TPSA) is 141 Å². The predicted octanol–water partition coefficient (Wildman–Crippen LogP) is 3.86. The van der Waals surface area contributed by atoms with Crippen LogP contribution >= 0.6 is 0 Å². The van der Waals surface area contributed by atoms with E-state index >= 15 is 0 Å². The summed E-state index contributed by atoms with van der Waals surface area (Å²) in [5, 5.41) is 20.2. The fraction of sp³-hybridized carbons (Fsp3) is 0.878. The van der Waals surface area contributed by atoms with Crippen LogP contribution in [-0.4, -0.2) is 133 Å². The largest absolute Gasteiger partial charge is 0.396 e. The number of aliphatic hydroxyl groups is 2. The van der Waals surface area contributed by atoms with Crippen LogP contribution in [0.5, 0.6) is 0 Å². The summed E-state index contributed by atoms with van der Waals surface area (Å²) in [5.74, 6) is -0.672. The van der Waals surface area contributed by atoms with E-state index in [-0.39, 0.29) is 123 Å². The SMILES string of the molecule is C=C1C[C@@H]2CCC34CC5OC6C(OC7CCC(CC(=O)CC8C(CC9OC(CCC1O2)CC(C)C9=C)OC(CC(O)CCO)C8OC)OC7C6O3)C5O4. The van der Waals surface area contributed by atoms with Gasteiger partial charge in [0.25, 0.3) is 0 Å². The maximum absolute atomic E-state index is 14.1. The van der Waals surface area contributed by atoms with E-state index < -0.39 is 24.1 Å². The van der Waals surface area contributed by atoms with Gasteiger partial charge in [0.15, 0.2) is 5.79 Å². The molecule has 10 aliphatic rings. The van der Waals surface area contributed by atoms with Gasteiger partial charge in [-0.1, -0.05) is 20.1 Å². The second-order valence-corrected chi connectivity index (χ2v) is 17.7. The second kappa shape index (κ2) is 14.9. The summed E-state index contributed by atoms with van der Waals surface area (Å²) in [6, 6.07) is 0. The first-order chi connectivity index (χ1) is 25.6. The molecule has 10 aliphatic heterocycles. The van der Waals surface area contributed by atoms with Crippen molar-refractivity contribution in [1.82, 2.24) is 0 Å². The molecule has 0 saturated carbocycles. The number of aliphatic hydroxyl groups excluding tert-OH is 2. The van der Waals surface area contributed by atoms with Crippen molar-refractivity contribution in [3.8, 4) is 0 Å². The van der Waals surface area contributed by atoms with Gasteiger partial charge in [-0.25, -0.2) is 0 Å². The molecule has 0 aliphatic carbocycles. The fourth-order valence-corrected chi connectivity index (χ4v) is 11.5. The standard InChI is InChI=1S/C41H60O12/c1-20-13-25-5-7-29-21(2)14-27(46-29)9-11-41-19-34-37(52-41)38-39(51-34)40(53-41)36-30(50-38)8-6-26(48-36)15-24(44)16-28-32(18-31(47-25)22(20)3)49-33(35(28)45-4)17-23(43)10-12-42/h20,23,25-40,42-43H,2-3,5-19H2,1,4H3/t20?,23?,25?,26?,27-,28?,29?,30?,31?,32?,33?,34?,35?,36?,37?,38?,39?,40?,41?/m0/s1. The minimum atomic E-state index is -0.787. The Bertz CT molecular complexity index is 1390. The summed E-state index contributed by atoms with van der Waals surface area (Å²) in [7, 11) is 1.65. The molecule has 19 atom stereocenters. The van der Waals surface area contributed by atoms with Crippen LogP contribution in [-0.2, 0) is 47.4 Å². The third-order valence-electron chi connectivity index (χ3n) is 14.2. The number of ketones is 1. The van der Waals surface area contributed by atoms with Crippen LogP contribution in [0.2, 0.25) is 0 Å². The highest BCUT2D eigenvalue weighted by Crippen LogP contribution is 2.54. The van der Waals surface area contributed by atoms with Gasteiger partial charge in [-0.3, -0.25) is 4.79 Å². The quantitative estimate of drug-likeness (QED) is 0.395. The zero-order chi connectivity index (χ0) is 36.6. The van der Waals surface area contributed by atoms with Crippen LogP contribution in [0.1, 0.15) is 96.8 Å². The van der Waals surface area contributed by atoms with E-state index in [9.17, 15) is 15.0 Å². The number of rotatable bonds is 5. The second-order valence-electron chi connectivity index (χ2n) is 17.7. The van der Waals surface area contributed by atoms with Crippen LogP contribution in [0.4, 0.5) is 0 Å². The minimum absolute atomic E-state index is 0.0237. The molecule has 10 rings (SSSR count). The molecular formula is C41H60O12. The first kappa shape index (κ1) is 37.3. The van der Waals surface area contributed by atoms with Gasteiger partial charge in [-0.2, -0.15) is 0 Å². The summed E-state index contributed by atoms with van der Waals surface area (Å²) in [4.78, 5) is 14.1. The Kier molecular flexibility index (Phi) is 10.5. The van der Waals surface area contributed by atoms with Crippen molar-refractivity contribution in [2.75, 3.05) is 13.7 Å². The smallest absolute Gasteiger partial charge is 0.172 e. The number of carbonyl (C=O) groups excluding carboxylic acids is 1. The molecule has 0 aromatic carbocycles. The average molecular weight is 745 g/mol. The van der Waals surface area contributed by atoms with Crippen LogP contribution in [0.15, 0.2) is 24.3 Å². The maximum Gasteiger partial charge on any atom is 0.172 e. The van der Waals surface area contributed by atoms with E-state index in [1.165, 1.54) is 0 Å². The summed E-state index contributed by atoms with van der Waals surface area (Å²) in [6.07, 6.45) is 4.77. The Morgan fingerprint density at radius 3 is 2.38 bits per heavy atom. The highest BCUT2D eigenvalue weighted by Gasteiger charge is 2.68. The molecule has 12 heteroatoms. The molecule has 0 radical (unpaired) electrons. The number of ether oxygens (including phenoxy) is 9. The summed E-state index contributed by atoms with van der Waals surface area (Å²) < 4.78 is 60.0. The van der Waals surface area contributed by atoms with Crippen molar-refractivity contribution < 1.29 is 57.6 Å². The first-order valence-electron chi connectivity index (χ1n) is 20.6. The zero-order valence-electron chi connectivity index (χ0n) is 31.4. The van der Waals surface area contributed by atoms with Gasteiger partial charge in [-0.05, 0) is 68.4 Å². The summed E-state index contributed by atoms with van der Waals surface area (Å²) >= 11 is 0. The predicted molar refractivity (Wildman–Crippen MR) is 189 cm³/mol. The van der Waals surface area contributed by atoms with Gasteiger partial charge in [0.05, 0.1) is 67.1 Å². The molecule has 296 valence electrons. The van der Waals surface area contributed by atoms with Gasteiger partial charge in [0.2, 0.25) is 0 Å². The molecule has 2 N–H and O–H groups in total. The molecule has 12 bridgehead atoms. The lowest BCUT2D eigenvalue weighted by atomic mass is 9.81. The van der Waals surface area contributed by atoms with Gasteiger partial charge < -0.3 is 52.8 Å². The molecule has 10 fully saturated rings. The Hall–Kier alpha value is -1.29. The van der Waals surface area contributed by atoms with E-state index in [0.717, 1.165) is 49.7 Å². The van der Waals surface area contributed by atoms with E-state index in [4.69, 9.17) is 42.6 Å². The molecule has 0 amide bonds. The van der Waals surface area contributed by atoms with Crippen LogP contribution in [0.25, 0.3) is 0 Å². The number of hydrogen-bond acceptors (Lipinski definition) is 12. The molecule has 0 aromatic heterocycles. The molecule has 10 saturated heterocycles. The van der Waals surface area contributed by atoms with Crippen molar-refractivity contribution in [2.45, 2.75) is 200 Å². The summed E-state index contributed by atoms with van der Waals surface area (Å²) in [6.45, 7) is 11.0. The van der Waals surface area contributed by atoms with Gasteiger partial charge in [0.1, 0.15) is 36.3 Å². The Morgan fingerprint density at radius 2 is 1.55 bits per heavy atom. The maximum atomic E-state index is 14.1. The van der Waals surface area contributed by atoms with Crippen LogP contribution in [0.3, 0.4) is 0 Å². The number of fused-ring (bicyclic) bond motifs is 6. The third kappa shape index (κ3) is 7.04. The number of Topliss-reactive ketones (excluding diaryl/α,β-unsaturated/α-hetero) is 1. The number of hydrogen-bond donors (Lipinski definition) is 2. The molecule has 53 heavy (non-hydrogen) atoms. The Morgan fingerprint density at radius 1 is 0.792 bits per heavy atom. The summed E-state index contributed by atoms with van der Waals surface area (Å²) in [5.41, 5.74) is 2.18. The minimum Gasteiger partial charge on any atom is -0.396 e. The molecule has 10 heterocycles. The lowest BCUT2D eigenvalue weighted by molar-refractivity contribution is -0.292. The van der Waals surface area contributed by atoms with Crippen molar-refractivity contribution in [3.05, 3.63) is 24.3 Å². The number of methoxy groups -OCH3 is 1. The lowest BCUT2D eigenvalue weighted by Crippen LogP contribution is -2.61. The molecule has 18 unspecified atom stereocenters. The molecule has 12 nitrogen and oxygen atoms in total. The van der Waals surface area contributed by atoms with Gasteiger partial charge >= 0.3 is 0 Å². The molecule has 0 aromatic rings. The van der Waals surface area contributed by atoms with E-state index in [2.05, 4.69) is 20.1 Å². The van der Waals surface area contributed by atoms with Crippen LogP contribution < -0.4 is 0 Å². The number of carbonyl (C=O) groups is 1. The first-order valence-corrected chi connectivity index (χ1v) is 20.6. The van der Waals surface area contributed by atoms with Crippen LogP contribution in [0, 0.1) is 11.8 Å². The highest BCUT2D eigenvalue weighted by molar-refractivity contribution is 5.79.